The predicted molar refractivity (Wildman–Crippen MR) is 76.0 cm³/mol. The van der Waals surface area contributed by atoms with Crippen LogP contribution < -0.4 is 10.1 Å². The van der Waals surface area contributed by atoms with Crippen molar-refractivity contribution in [3.05, 3.63) is 46.8 Å². The normalized spacial score (nSPS) is 10.3. The fraction of sp³-hybridized carbons (Fsp3) is 0.286. The molecule has 0 unspecified atom stereocenters. The third-order valence-electron chi connectivity index (χ3n) is 2.47. The molecule has 0 aliphatic heterocycles. The van der Waals surface area contributed by atoms with E-state index in [1.165, 1.54) is 0 Å². The van der Waals surface area contributed by atoms with Crippen LogP contribution in [-0.4, -0.2) is 6.61 Å². The molecular weight excluding hydrogens is 294 g/mol. The predicted octanol–water partition coefficient (Wildman–Crippen LogP) is 4.44. The second kappa shape index (κ2) is 6.50. The summed E-state index contributed by atoms with van der Waals surface area (Å²) >= 11 is 3.43. The Balaban J connectivity index is 1.88. The van der Waals surface area contributed by atoms with E-state index in [1.807, 2.05) is 30.3 Å². The molecule has 0 bridgehead atoms. The van der Waals surface area contributed by atoms with Gasteiger partial charge in [-0.05, 0) is 52.7 Å². The van der Waals surface area contributed by atoms with E-state index in [4.69, 9.17) is 9.15 Å². The lowest BCUT2D eigenvalue weighted by atomic mass is 10.3. The minimum absolute atomic E-state index is 0.656. The van der Waals surface area contributed by atoms with E-state index in [1.54, 1.807) is 6.26 Å². The average molecular weight is 310 g/mol. The summed E-state index contributed by atoms with van der Waals surface area (Å²) in [5.74, 6) is 1.79. The molecule has 0 spiro atoms. The Morgan fingerprint density at radius 2 is 2.00 bits per heavy atom. The van der Waals surface area contributed by atoms with Crippen molar-refractivity contribution in [2.75, 3.05) is 11.9 Å². The summed E-state index contributed by atoms with van der Waals surface area (Å²) in [4.78, 5) is 0. The highest BCUT2D eigenvalue weighted by molar-refractivity contribution is 9.10. The van der Waals surface area contributed by atoms with Gasteiger partial charge in [-0.3, -0.25) is 0 Å². The number of rotatable bonds is 6. The van der Waals surface area contributed by atoms with Crippen molar-refractivity contribution in [1.29, 1.82) is 0 Å². The molecule has 18 heavy (non-hydrogen) atoms. The van der Waals surface area contributed by atoms with Gasteiger partial charge in [0.2, 0.25) is 0 Å². The lowest BCUT2D eigenvalue weighted by molar-refractivity contribution is 0.317. The molecule has 3 nitrogen and oxygen atoms in total. The SMILES string of the molecule is CCCOc1ccc(NCc2occc2Br)cc1. The number of nitrogens with one attached hydrogen (secondary N) is 1. The van der Waals surface area contributed by atoms with Crippen molar-refractivity contribution in [2.24, 2.45) is 0 Å². The van der Waals surface area contributed by atoms with E-state index >= 15 is 0 Å². The van der Waals surface area contributed by atoms with Crippen LogP contribution in [0.2, 0.25) is 0 Å². The summed E-state index contributed by atoms with van der Waals surface area (Å²) in [5.41, 5.74) is 1.04. The zero-order chi connectivity index (χ0) is 12.8. The molecule has 0 radical (unpaired) electrons. The molecule has 0 atom stereocenters. The minimum Gasteiger partial charge on any atom is -0.494 e. The molecule has 0 aliphatic rings. The van der Waals surface area contributed by atoms with E-state index in [0.717, 1.165) is 34.7 Å². The Morgan fingerprint density at radius 3 is 2.61 bits per heavy atom. The monoisotopic (exact) mass is 309 g/mol. The topological polar surface area (TPSA) is 34.4 Å². The first-order chi connectivity index (χ1) is 8.79. The van der Waals surface area contributed by atoms with Crippen molar-refractivity contribution in [1.82, 2.24) is 0 Å². The largest absolute Gasteiger partial charge is 0.494 e. The molecule has 2 aromatic rings. The van der Waals surface area contributed by atoms with Gasteiger partial charge in [0.05, 0.1) is 23.9 Å². The first-order valence-electron chi connectivity index (χ1n) is 5.98. The Labute approximate surface area is 115 Å². The first kappa shape index (κ1) is 13.0. The van der Waals surface area contributed by atoms with Crippen LogP contribution in [0.15, 0.2) is 45.5 Å². The number of hydrogen-bond donors (Lipinski definition) is 1. The number of furan rings is 1. The van der Waals surface area contributed by atoms with Crippen molar-refractivity contribution < 1.29 is 9.15 Å². The smallest absolute Gasteiger partial charge is 0.136 e. The lowest BCUT2D eigenvalue weighted by Gasteiger charge is -2.07. The molecule has 1 aromatic carbocycles. The van der Waals surface area contributed by atoms with Gasteiger partial charge in [0, 0.05) is 5.69 Å². The molecule has 0 aliphatic carbocycles. The van der Waals surface area contributed by atoms with Crippen LogP contribution in [-0.2, 0) is 6.54 Å². The first-order valence-corrected chi connectivity index (χ1v) is 6.77. The molecule has 1 heterocycles. The van der Waals surface area contributed by atoms with Crippen LogP contribution in [0.5, 0.6) is 5.75 Å². The Hall–Kier alpha value is -1.42. The Bertz CT molecular complexity index is 479. The zero-order valence-electron chi connectivity index (χ0n) is 10.3. The highest BCUT2D eigenvalue weighted by Gasteiger charge is 2.02. The molecule has 1 N–H and O–H groups in total. The summed E-state index contributed by atoms with van der Waals surface area (Å²) < 4.78 is 11.8. The van der Waals surface area contributed by atoms with Gasteiger partial charge in [-0.25, -0.2) is 0 Å². The van der Waals surface area contributed by atoms with E-state index in [0.29, 0.717) is 6.54 Å². The van der Waals surface area contributed by atoms with Crippen LogP contribution in [0.4, 0.5) is 5.69 Å². The summed E-state index contributed by atoms with van der Waals surface area (Å²) in [5, 5.41) is 3.29. The molecule has 0 saturated heterocycles. The van der Waals surface area contributed by atoms with Crippen molar-refractivity contribution in [3.63, 3.8) is 0 Å². The molecule has 1 aromatic heterocycles. The summed E-state index contributed by atoms with van der Waals surface area (Å²) in [7, 11) is 0. The van der Waals surface area contributed by atoms with Crippen LogP contribution in [0, 0.1) is 0 Å². The van der Waals surface area contributed by atoms with Gasteiger partial charge in [-0.1, -0.05) is 6.92 Å². The van der Waals surface area contributed by atoms with Gasteiger partial charge in [-0.15, -0.1) is 0 Å². The Morgan fingerprint density at radius 1 is 1.22 bits per heavy atom. The maximum absolute atomic E-state index is 5.53. The van der Waals surface area contributed by atoms with Crippen LogP contribution >= 0.6 is 15.9 Å². The molecule has 2 rings (SSSR count). The molecule has 4 heteroatoms. The second-order valence-electron chi connectivity index (χ2n) is 3.92. The minimum atomic E-state index is 0.656. The zero-order valence-corrected chi connectivity index (χ0v) is 11.9. The van der Waals surface area contributed by atoms with Gasteiger partial charge in [-0.2, -0.15) is 0 Å². The summed E-state index contributed by atoms with van der Waals surface area (Å²) in [6.45, 7) is 3.51. The summed E-state index contributed by atoms with van der Waals surface area (Å²) in [6.07, 6.45) is 2.69. The fourth-order valence-corrected chi connectivity index (χ4v) is 1.86. The van der Waals surface area contributed by atoms with Gasteiger partial charge >= 0.3 is 0 Å². The lowest BCUT2D eigenvalue weighted by Crippen LogP contribution is -1.99. The van der Waals surface area contributed by atoms with Gasteiger partial charge < -0.3 is 14.5 Å². The van der Waals surface area contributed by atoms with Crippen LogP contribution in [0.1, 0.15) is 19.1 Å². The summed E-state index contributed by atoms with van der Waals surface area (Å²) in [6, 6.07) is 9.83. The number of ether oxygens (including phenoxy) is 1. The number of benzene rings is 1. The third-order valence-corrected chi connectivity index (χ3v) is 3.18. The van der Waals surface area contributed by atoms with Crippen LogP contribution in [0.25, 0.3) is 0 Å². The highest BCUT2D eigenvalue weighted by atomic mass is 79.9. The van der Waals surface area contributed by atoms with Crippen molar-refractivity contribution in [3.8, 4) is 5.75 Å². The van der Waals surface area contributed by atoms with Gasteiger partial charge in [0.1, 0.15) is 11.5 Å². The number of hydrogen-bond acceptors (Lipinski definition) is 3. The number of anilines is 1. The quantitative estimate of drug-likeness (QED) is 0.856. The third kappa shape index (κ3) is 3.53. The fourth-order valence-electron chi connectivity index (χ4n) is 1.52. The highest BCUT2D eigenvalue weighted by Crippen LogP contribution is 2.20. The molecule has 0 amide bonds. The van der Waals surface area contributed by atoms with Crippen molar-refractivity contribution in [2.45, 2.75) is 19.9 Å². The molecule has 0 saturated carbocycles. The molecule has 0 fully saturated rings. The molecular formula is C14H16BrNO2. The second-order valence-corrected chi connectivity index (χ2v) is 4.77. The maximum atomic E-state index is 5.53. The van der Waals surface area contributed by atoms with Gasteiger partial charge in [0.15, 0.2) is 0 Å². The van der Waals surface area contributed by atoms with Crippen molar-refractivity contribution >= 4 is 21.6 Å². The van der Waals surface area contributed by atoms with E-state index in [9.17, 15) is 0 Å². The number of halogens is 1. The maximum Gasteiger partial charge on any atom is 0.136 e. The van der Waals surface area contributed by atoms with E-state index in [2.05, 4.69) is 28.2 Å². The molecule has 96 valence electrons. The average Bonchev–Trinajstić information content (AvgIpc) is 2.81. The van der Waals surface area contributed by atoms with E-state index < -0.39 is 0 Å². The standard InChI is InChI=1S/C14H16BrNO2/c1-2-8-17-12-5-3-11(4-6-12)16-10-14-13(15)7-9-18-14/h3-7,9,16H,2,8,10H2,1H3. The van der Waals surface area contributed by atoms with Gasteiger partial charge in [0.25, 0.3) is 0 Å². The van der Waals surface area contributed by atoms with Crippen LogP contribution in [0.3, 0.4) is 0 Å². The Kier molecular flexibility index (Phi) is 4.70. The van der Waals surface area contributed by atoms with E-state index in [-0.39, 0.29) is 0 Å².